The van der Waals surface area contributed by atoms with E-state index in [0.29, 0.717) is 22.5 Å². The first-order valence-electron chi connectivity index (χ1n) is 11.3. The van der Waals surface area contributed by atoms with Gasteiger partial charge >= 0.3 is 5.97 Å². The van der Waals surface area contributed by atoms with Crippen LogP contribution in [0.5, 0.6) is 0 Å². The van der Waals surface area contributed by atoms with E-state index in [0.717, 1.165) is 22.6 Å². The Morgan fingerprint density at radius 2 is 1.58 bits per heavy atom. The number of primary amides is 1. The third kappa shape index (κ3) is 4.78. The number of anilines is 1. The summed E-state index contributed by atoms with van der Waals surface area (Å²) in [7, 11) is 0. The summed E-state index contributed by atoms with van der Waals surface area (Å²) >= 11 is 0.949. The number of amides is 2. The Kier molecular flexibility index (Phi) is 7.03. The van der Waals surface area contributed by atoms with Gasteiger partial charge in [-0.2, -0.15) is 5.10 Å². The topological polar surface area (TPSA) is 116 Å². The van der Waals surface area contributed by atoms with Crippen molar-refractivity contribution in [2.75, 3.05) is 5.32 Å². The lowest BCUT2D eigenvalue weighted by atomic mass is 10.1. The van der Waals surface area contributed by atoms with E-state index in [2.05, 4.69) is 5.32 Å². The van der Waals surface area contributed by atoms with Gasteiger partial charge in [0, 0.05) is 5.56 Å². The fourth-order valence-corrected chi connectivity index (χ4v) is 4.96. The van der Waals surface area contributed by atoms with Crippen LogP contribution in [-0.4, -0.2) is 33.7 Å². The Morgan fingerprint density at radius 1 is 0.972 bits per heavy atom. The van der Waals surface area contributed by atoms with Gasteiger partial charge in [0.15, 0.2) is 0 Å². The molecule has 0 aliphatic carbocycles. The second kappa shape index (κ2) is 10.2. The average molecular weight is 503 g/mol. The quantitative estimate of drug-likeness (QED) is 0.340. The Morgan fingerprint density at radius 3 is 2.17 bits per heavy atom. The Hall–Kier alpha value is -4.24. The van der Waals surface area contributed by atoms with E-state index in [1.54, 1.807) is 25.5 Å². The largest absolute Gasteiger partial charge is 0.459 e. The molecule has 2 heterocycles. The van der Waals surface area contributed by atoms with Gasteiger partial charge in [0.2, 0.25) is 0 Å². The number of hydrogen-bond acceptors (Lipinski definition) is 6. The molecule has 9 heteroatoms. The van der Waals surface area contributed by atoms with Gasteiger partial charge in [0.05, 0.1) is 33.5 Å². The highest BCUT2D eigenvalue weighted by Gasteiger charge is 2.29. The van der Waals surface area contributed by atoms with Gasteiger partial charge in [-0.3, -0.25) is 9.59 Å². The molecule has 0 atom stereocenters. The van der Waals surface area contributed by atoms with Crippen molar-refractivity contribution in [2.45, 2.75) is 33.8 Å². The summed E-state index contributed by atoms with van der Waals surface area (Å²) in [5, 5.41) is 7.78. The molecular formula is C27H26N4O4S. The number of esters is 1. The van der Waals surface area contributed by atoms with E-state index >= 15 is 0 Å². The van der Waals surface area contributed by atoms with Crippen molar-refractivity contribution in [2.24, 2.45) is 5.73 Å². The molecule has 3 N–H and O–H groups in total. The number of aromatic nitrogens is 2. The standard InChI is InChI=1S/C27H26N4O4S/c1-15(2)35-27(34)20-16(3)23(24(28)32)36-26(20)29-25(33)21-17(4)31(19-13-9-6-10-14-19)30-22(21)18-11-7-5-8-12-18/h5-15H,1-4H3,(H2,28,32)(H,29,33). The van der Waals surface area contributed by atoms with E-state index in [1.807, 2.05) is 67.6 Å². The second-order valence-electron chi connectivity index (χ2n) is 8.46. The summed E-state index contributed by atoms with van der Waals surface area (Å²) < 4.78 is 7.07. The Labute approximate surface area is 212 Å². The number of benzene rings is 2. The molecule has 0 aliphatic rings. The number of thiophene rings is 1. The molecule has 4 aromatic rings. The summed E-state index contributed by atoms with van der Waals surface area (Å²) in [6, 6.07) is 18.9. The lowest BCUT2D eigenvalue weighted by Crippen LogP contribution is -2.18. The van der Waals surface area contributed by atoms with Gasteiger partial charge < -0.3 is 15.8 Å². The van der Waals surface area contributed by atoms with Gasteiger partial charge in [-0.1, -0.05) is 48.5 Å². The number of hydrogen-bond donors (Lipinski definition) is 2. The number of para-hydroxylation sites is 1. The third-order valence-corrected chi connectivity index (χ3v) is 6.76. The van der Waals surface area contributed by atoms with Crippen LogP contribution < -0.4 is 11.1 Å². The highest BCUT2D eigenvalue weighted by Crippen LogP contribution is 2.35. The van der Waals surface area contributed by atoms with Crippen LogP contribution in [-0.2, 0) is 4.74 Å². The van der Waals surface area contributed by atoms with Crippen molar-refractivity contribution in [1.29, 1.82) is 0 Å². The highest BCUT2D eigenvalue weighted by molar-refractivity contribution is 7.18. The van der Waals surface area contributed by atoms with E-state index in [9.17, 15) is 14.4 Å². The number of rotatable bonds is 7. The second-order valence-corrected chi connectivity index (χ2v) is 9.48. The first-order chi connectivity index (χ1) is 17.2. The summed E-state index contributed by atoms with van der Waals surface area (Å²) in [5.41, 5.74) is 9.03. The van der Waals surface area contributed by atoms with Crippen molar-refractivity contribution in [3.8, 4) is 16.9 Å². The molecule has 0 radical (unpaired) electrons. The van der Waals surface area contributed by atoms with E-state index in [4.69, 9.17) is 15.6 Å². The van der Waals surface area contributed by atoms with Gasteiger partial charge in [-0.25, -0.2) is 9.48 Å². The zero-order valence-electron chi connectivity index (χ0n) is 20.4. The lowest BCUT2D eigenvalue weighted by Gasteiger charge is -2.11. The number of nitrogens with one attached hydrogen (secondary N) is 1. The molecule has 184 valence electrons. The fraction of sp³-hybridized carbons (Fsp3) is 0.185. The third-order valence-electron chi connectivity index (χ3n) is 5.54. The summed E-state index contributed by atoms with van der Waals surface area (Å²) in [6.07, 6.45) is -0.381. The van der Waals surface area contributed by atoms with Crippen LogP contribution in [0.4, 0.5) is 5.00 Å². The van der Waals surface area contributed by atoms with Crippen molar-refractivity contribution < 1.29 is 19.1 Å². The minimum Gasteiger partial charge on any atom is -0.459 e. The number of nitrogens with zero attached hydrogens (tertiary/aromatic N) is 2. The monoisotopic (exact) mass is 502 g/mol. The minimum atomic E-state index is -0.686. The Bertz CT molecular complexity index is 1440. The van der Waals surface area contributed by atoms with E-state index in [-0.39, 0.29) is 21.5 Å². The minimum absolute atomic E-state index is 0.116. The molecule has 0 saturated heterocycles. The number of ether oxygens (including phenoxy) is 1. The van der Waals surface area contributed by atoms with Crippen LogP contribution >= 0.6 is 11.3 Å². The maximum Gasteiger partial charge on any atom is 0.341 e. The van der Waals surface area contributed by atoms with Gasteiger partial charge in [-0.05, 0) is 45.4 Å². The lowest BCUT2D eigenvalue weighted by molar-refractivity contribution is 0.0379. The predicted molar refractivity (Wildman–Crippen MR) is 140 cm³/mol. The summed E-state index contributed by atoms with van der Waals surface area (Å²) in [6.45, 7) is 6.86. The number of nitrogens with two attached hydrogens (primary N) is 1. The summed E-state index contributed by atoms with van der Waals surface area (Å²) in [5.74, 6) is -1.79. The predicted octanol–water partition coefficient (Wildman–Crippen LogP) is 5.13. The van der Waals surface area contributed by atoms with Gasteiger partial charge in [0.25, 0.3) is 11.8 Å². The summed E-state index contributed by atoms with van der Waals surface area (Å²) in [4.78, 5) is 38.8. The normalized spacial score (nSPS) is 10.9. The molecule has 2 amide bonds. The van der Waals surface area contributed by atoms with E-state index < -0.39 is 17.8 Å². The van der Waals surface area contributed by atoms with Crippen LogP contribution in [0.3, 0.4) is 0 Å². The van der Waals surface area contributed by atoms with Crippen molar-refractivity contribution >= 4 is 34.1 Å². The maximum atomic E-state index is 13.7. The molecule has 0 spiro atoms. The van der Waals surface area contributed by atoms with Crippen LogP contribution in [0.25, 0.3) is 16.9 Å². The molecule has 0 bridgehead atoms. The fourth-order valence-electron chi connectivity index (χ4n) is 3.91. The molecule has 0 saturated carbocycles. The molecule has 2 aromatic carbocycles. The first kappa shape index (κ1) is 24.9. The highest BCUT2D eigenvalue weighted by atomic mass is 32.1. The zero-order chi connectivity index (χ0) is 26.0. The first-order valence-corrected chi connectivity index (χ1v) is 12.2. The molecule has 8 nitrogen and oxygen atoms in total. The number of carbonyl (C=O) groups excluding carboxylic acids is 3. The molecule has 4 rings (SSSR count). The van der Waals surface area contributed by atoms with Crippen LogP contribution in [0.15, 0.2) is 60.7 Å². The SMILES string of the molecule is Cc1c(C(N)=O)sc(NC(=O)c2c(-c3ccccc3)nn(-c3ccccc3)c2C)c1C(=O)OC(C)C. The number of carbonyl (C=O) groups is 3. The van der Waals surface area contributed by atoms with Crippen LogP contribution in [0, 0.1) is 13.8 Å². The van der Waals surface area contributed by atoms with E-state index in [1.165, 1.54) is 0 Å². The van der Waals surface area contributed by atoms with Crippen molar-refractivity contribution in [1.82, 2.24) is 9.78 Å². The molecule has 0 fully saturated rings. The van der Waals surface area contributed by atoms with Crippen LogP contribution in [0.2, 0.25) is 0 Å². The zero-order valence-corrected chi connectivity index (χ0v) is 21.2. The molecule has 0 unspecified atom stereocenters. The van der Waals surface area contributed by atoms with Crippen molar-refractivity contribution in [3.05, 3.63) is 87.9 Å². The molecule has 36 heavy (non-hydrogen) atoms. The maximum absolute atomic E-state index is 13.7. The average Bonchev–Trinajstić information content (AvgIpc) is 3.36. The van der Waals surface area contributed by atoms with Gasteiger partial charge in [-0.15, -0.1) is 11.3 Å². The smallest absolute Gasteiger partial charge is 0.341 e. The Balaban J connectivity index is 1.83. The van der Waals surface area contributed by atoms with Gasteiger partial charge in [0.1, 0.15) is 10.7 Å². The van der Waals surface area contributed by atoms with Crippen molar-refractivity contribution in [3.63, 3.8) is 0 Å². The molecular weight excluding hydrogens is 476 g/mol. The molecule has 0 aliphatic heterocycles. The molecule has 2 aromatic heterocycles. The van der Waals surface area contributed by atoms with Crippen LogP contribution in [0.1, 0.15) is 55.5 Å².